The molecule has 0 spiro atoms. The van der Waals surface area contributed by atoms with Crippen molar-refractivity contribution in [3.63, 3.8) is 0 Å². The minimum atomic E-state index is -0.620. The van der Waals surface area contributed by atoms with Gasteiger partial charge >= 0.3 is 6.03 Å². The van der Waals surface area contributed by atoms with Gasteiger partial charge in [-0.1, -0.05) is 41.4 Å². The van der Waals surface area contributed by atoms with Gasteiger partial charge in [-0.25, -0.2) is 9.18 Å². The summed E-state index contributed by atoms with van der Waals surface area (Å²) in [5.41, 5.74) is 8.70. The minimum Gasteiger partial charge on any atom is -0.365 e. The summed E-state index contributed by atoms with van der Waals surface area (Å²) in [6.45, 7) is 1.10. The molecule has 1 saturated carbocycles. The normalized spacial score (nSPS) is 19.3. The van der Waals surface area contributed by atoms with Crippen LogP contribution in [-0.4, -0.2) is 39.2 Å². The molecule has 0 atom stereocenters. The molecule has 3 amide bonds. The molecule has 1 aliphatic heterocycles. The molecule has 2 aromatic carbocycles. The van der Waals surface area contributed by atoms with Crippen LogP contribution in [0.1, 0.15) is 40.4 Å². The number of hydrogen-bond acceptors (Lipinski definition) is 3. The molecule has 0 bridgehead atoms. The Kier molecular flexibility index (Phi) is 5.95. The third kappa shape index (κ3) is 4.23. The number of nitrogens with two attached hydrogens (primary N) is 1. The highest BCUT2D eigenvalue weighted by Gasteiger charge is 2.34. The van der Waals surface area contributed by atoms with Gasteiger partial charge in [0.1, 0.15) is 11.5 Å². The van der Waals surface area contributed by atoms with Crippen LogP contribution in [0.15, 0.2) is 42.5 Å². The van der Waals surface area contributed by atoms with E-state index >= 15 is 0 Å². The number of halogens is 3. The van der Waals surface area contributed by atoms with Gasteiger partial charge < -0.3 is 16.0 Å². The van der Waals surface area contributed by atoms with Crippen molar-refractivity contribution in [3.8, 4) is 11.3 Å². The molecule has 176 valence electrons. The second-order valence-electron chi connectivity index (χ2n) is 8.67. The summed E-state index contributed by atoms with van der Waals surface area (Å²) in [4.78, 5) is 26.9. The molecular formula is C24H22Cl2FN5O2. The largest absolute Gasteiger partial charge is 0.365 e. The van der Waals surface area contributed by atoms with Gasteiger partial charge in [0, 0.05) is 18.2 Å². The highest BCUT2D eigenvalue weighted by molar-refractivity contribution is 6.42. The van der Waals surface area contributed by atoms with E-state index in [-0.39, 0.29) is 30.0 Å². The Hall–Kier alpha value is -3.10. The molecule has 1 fully saturated rings. The lowest BCUT2D eigenvalue weighted by molar-refractivity contribution is 0.0997. The third-order valence-corrected chi connectivity index (χ3v) is 7.25. The maximum Gasteiger partial charge on any atom is 0.318 e. The van der Waals surface area contributed by atoms with Crippen LogP contribution in [0.4, 0.5) is 9.18 Å². The Morgan fingerprint density at radius 2 is 1.79 bits per heavy atom. The average Bonchev–Trinajstić information content (AvgIpc) is 3.17. The number of amides is 3. The Morgan fingerprint density at radius 1 is 1.06 bits per heavy atom. The summed E-state index contributed by atoms with van der Waals surface area (Å²) in [5, 5.41) is 8.38. The van der Waals surface area contributed by atoms with Crippen molar-refractivity contribution in [1.29, 1.82) is 0 Å². The topological polar surface area (TPSA) is 93.2 Å². The number of rotatable bonds is 4. The van der Waals surface area contributed by atoms with Crippen LogP contribution in [0.5, 0.6) is 0 Å². The van der Waals surface area contributed by atoms with E-state index in [2.05, 4.69) is 10.4 Å². The number of fused-ring (bicyclic) bond motifs is 1. The molecule has 0 saturated heterocycles. The van der Waals surface area contributed by atoms with Crippen molar-refractivity contribution in [3.05, 3.63) is 75.1 Å². The smallest absolute Gasteiger partial charge is 0.318 e. The molecule has 34 heavy (non-hydrogen) atoms. The number of aromatic nitrogens is 2. The number of benzene rings is 2. The lowest BCUT2D eigenvalue weighted by Crippen LogP contribution is -2.51. The van der Waals surface area contributed by atoms with Gasteiger partial charge in [-0.3, -0.25) is 9.48 Å². The molecule has 0 radical (unpaired) electrons. The van der Waals surface area contributed by atoms with Crippen LogP contribution in [0.25, 0.3) is 11.3 Å². The monoisotopic (exact) mass is 501 g/mol. The van der Waals surface area contributed by atoms with Crippen LogP contribution >= 0.6 is 23.2 Å². The van der Waals surface area contributed by atoms with Gasteiger partial charge in [0.05, 0.1) is 34.4 Å². The minimum absolute atomic E-state index is 0.0526. The first-order chi connectivity index (χ1) is 16.3. The van der Waals surface area contributed by atoms with Crippen LogP contribution in [0.2, 0.25) is 10.0 Å². The van der Waals surface area contributed by atoms with E-state index in [1.165, 1.54) is 12.1 Å². The molecular weight excluding hydrogens is 480 g/mol. The molecule has 3 N–H and O–H groups in total. The van der Waals surface area contributed by atoms with Crippen LogP contribution in [-0.2, 0) is 13.1 Å². The molecule has 1 aromatic heterocycles. The van der Waals surface area contributed by atoms with Gasteiger partial charge in [-0.2, -0.15) is 5.10 Å². The highest BCUT2D eigenvalue weighted by Crippen LogP contribution is 2.37. The fraction of sp³-hybridized carbons (Fsp3) is 0.292. The van der Waals surface area contributed by atoms with Gasteiger partial charge in [0.15, 0.2) is 0 Å². The van der Waals surface area contributed by atoms with Gasteiger partial charge in [-0.05, 0) is 48.6 Å². The van der Waals surface area contributed by atoms with Crippen LogP contribution in [0.3, 0.4) is 0 Å². The Balaban J connectivity index is 1.28. The van der Waals surface area contributed by atoms with E-state index in [0.29, 0.717) is 46.0 Å². The second-order valence-corrected chi connectivity index (χ2v) is 9.49. The number of hydrogen-bond donors (Lipinski definition) is 2. The maximum atomic E-state index is 13.1. The second kappa shape index (κ2) is 8.92. The predicted octanol–water partition coefficient (Wildman–Crippen LogP) is 4.57. The van der Waals surface area contributed by atoms with Crippen molar-refractivity contribution < 1.29 is 14.0 Å². The lowest BCUT2D eigenvalue weighted by atomic mass is 9.76. The van der Waals surface area contributed by atoms with Gasteiger partial charge in [0.25, 0.3) is 5.91 Å². The zero-order chi connectivity index (χ0) is 24.0. The number of urea groups is 1. The Bertz CT molecular complexity index is 1270. The number of carbonyl (C=O) groups is 2. The number of nitrogens with one attached hydrogen (secondary N) is 1. The first kappa shape index (κ1) is 22.7. The van der Waals surface area contributed by atoms with Crippen molar-refractivity contribution in [2.45, 2.75) is 37.9 Å². The SMILES string of the molecule is NC(=O)c1c(-c2ccc(Cl)c(Cl)c2)nn2c1CN(C(=O)N[C@H]1C[C@@H](c3ccc(F)cc3)C1)CC2. The van der Waals surface area contributed by atoms with Gasteiger partial charge in [0.2, 0.25) is 0 Å². The molecule has 0 unspecified atom stereocenters. The molecule has 2 heterocycles. The number of nitrogens with zero attached hydrogens (tertiary/aromatic N) is 3. The molecule has 2 aliphatic rings. The summed E-state index contributed by atoms with van der Waals surface area (Å²) in [7, 11) is 0. The molecule has 1 aliphatic carbocycles. The standard InChI is InChI=1S/C24H22Cl2FN5O2/c25-18-6-3-14(11-19(18)26)22-21(23(28)33)20-12-31(7-8-32(20)30-22)24(34)29-17-9-15(10-17)13-1-4-16(27)5-2-13/h1-6,11,15,17H,7-10,12H2,(H2,28,33)(H,29,34)/t15-,17+. The fourth-order valence-electron chi connectivity index (χ4n) is 4.60. The quantitative estimate of drug-likeness (QED) is 0.548. The van der Waals surface area contributed by atoms with E-state index in [0.717, 1.165) is 18.4 Å². The summed E-state index contributed by atoms with van der Waals surface area (Å²) < 4.78 is 14.9. The van der Waals surface area contributed by atoms with E-state index < -0.39 is 5.91 Å². The van der Waals surface area contributed by atoms with Crippen LogP contribution in [0, 0.1) is 5.82 Å². The van der Waals surface area contributed by atoms with E-state index in [1.807, 2.05) is 0 Å². The Morgan fingerprint density at radius 3 is 2.47 bits per heavy atom. The first-order valence-electron chi connectivity index (χ1n) is 11.0. The molecule has 5 rings (SSSR count). The van der Waals surface area contributed by atoms with Crippen molar-refractivity contribution >= 4 is 35.1 Å². The highest BCUT2D eigenvalue weighted by atomic mass is 35.5. The fourth-order valence-corrected chi connectivity index (χ4v) is 4.90. The molecule has 7 nitrogen and oxygen atoms in total. The van der Waals surface area contributed by atoms with E-state index in [1.54, 1.807) is 39.9 Å². The van der Waals surface area contributed by atoms with Crippen molar-refractivity contribution in [2.75, 3.05) is 6.54 Å². The van der Waals surface area contributed by atoms with Crippen LogP contribution < -0.4 is 11.1 Å². The Labute approximate surface area is 205 Å². The van der Waals surface area contributed by atoms with E-state index in [4.69, 9.17) is 28.9 Å². The molecule has 10 heteroatoms. The summed E-state index contributed by atoms with van der Waals surface area (Å²) in [6, 6.07) is 11.4. The summed E-state index contributed by atoms with van der Waals surface area (Å²) >= 11 is 12.2. The summed E-state index contributed by atoms with van der Waals surface area (Å²) in [6.07, 6.45) is 1.61. The molecule has 3 aromatic rings. The number of carbonyl (C=O) groups excluding carboxylic acids is 2. The van der Waals surface area contributed by atoms with Gasteiger partial charge in [-0.15, -0.1) is 0 Å². The third-order valence-electron chi connectivity index (χ3n) is 6.51. The maximum absolute atomic E-state index is 13.1. The van der Waals surface area contributed by atoms with Crippen molar-refractivity contribution in [1.82, 2.24) is 20.0 Å². The van der Waals surface area contributed by atoms with Crippen molar-refractivity contribution in [2.24, 2.45) is 5.73 Å². The lowest BCUT2D eigenvalue weighted by Gasteiger charge is -2.38. The zero-order valence-corrected chi connectivity index (χ0v) is 19.6. The first-order valence-corrected chi connectivity index (χ1v) is 11.7. The average molecular weight is 502 g/mol. The summed E-state index contributed by atoms with van der Waals surface area (Å²) in [5.74, 6) is -0.565. The van der Waals surface area contributed by atoms with E-state index in [9.17, 15) is 14.0 Å². The zero-order valence-electron chi connectivity index (χ0n) is 18.1. The number of primary amides is 1. The predicted molar refractivity (Wildman–Crippen MR) is 127 cm³/mol.